The van der Waals surface area contributed by atoms with Crippen molar-refractivity contribution in [3.63, 3.8) is 0 Å². The van der Waals surface area contributed by atoms with Gasteiger partial charge in [-0.15, -0.1) is 0 Å². The third-order valence-corrected chi connectivity index (χ3v) is 2.20. The Morgan fingerprint density at radius 1 is 1.29 bits per heavy atom. The number of hydrogen-bond donors (Lipinski definition) is 0. The molecule has 1 aromatic carbocycles. The van der Waals surface area contributed by atoms with Crippen LogP contribution in [0.4, 0.5) is 17.6 Å². The highest BCUT2D eigenvalue weighted by molar-refractivity contribution is 9.10. The van der Waals surface area contributed by atoms with Gasteiger partial charge in [0, 0.05) is 4.47 Å². The van der Waals surface area contributed by atoms with Crippen molar-refractivity contribution in [1.29, 1.82) is 0 Å². The van der Waals surface area contributed by atoms with Gasteiger partial charge in [0.1, 0.15) is 0 Å². The number of methoxy groups -OCH3 is 1. The molecular formula is C8H5BrF4O. The topological polar surface area (TPSA) is 9.23 Å². The average Bonchev–Trinajstić information content (AvgIpc) is 2.02. The molecule has 0 aliphatic heterocycles. The van der Waals surface area contributed by atoms with Crippen LogP contribution in [0, 0.1) is 5.82 Å². The second-order valence-electron chi connectivity index (χ2n) is 2.46. The third kappa shape index (κ3) is 2.17. The second kappa shape index (κ2) is 3.76. The molecule has 0 aliphatic rings. The fraction of sp³-hybridized carbons (Fsp3) is 0.250. The molecule has 6 heteroatoms. The lowest BCUT2D eigenvalue weighted by molar-refractivity contribution is -0.138. The first-order valence-corrected chi connectivity index (χ1v) is 4.25. The predicted octanol–water partition coefficient (Wildman–Crippen LogP) is 3.62. The highest BCUT2D eigenvalue weighted by Crippen LogP contribution is 2.37. The van der Waals surface area contributed by atoms with Crippen molar-refractivity contribution in [2.75, 3.05) is 7.11 Å². The summed E-state index contributed by atoms with van der Waals surface area (Å²) in [6.45, 7) is 0. The number of alkyl halides is 3. The lowest BCUT2D eigenvalue weighted by atomic mass is 10.2. The standard InChI is InChI=1S/C8H5BrF4O/c1-14-7-2-4(8(11,12)13)5(9)3-6(7)10/h2-3H,1H3. The molecule has 14 heavy (non-hydrogen) atoms. The van der Waals surface area contributed by atoms with Crippen molar-refractivity contribution in [2.24, 2.45) is 0 Å². The van der Waals surface area contributed by atoms with E-state index in [-0.39, 0.29) is 4.47 Å². The van der Waals surface area contributed by atoms with Crippen LogP contribution in [0.2, 0.25) is 0 Å². The van der Waals surface area contributed by atoms with Gasteiger partial charge in [-0.05, 0) is 12.1 Å². The number of benzene rings is 1. The molecule has 1 rings (SSSR count). The average molecular weight is 273 g/mol. The molecule has 0 heterocycles. The smallest absolute Gasteiger partial charge is 0.417 e. The van der Waals surface area contributed by atoms with Crippen LogP contribution >= 0.6 is 15.9 Å². The quantitative estimate of drug-likeness (QED) is 0.710. The van der Waals surface area contributed by atoms with Gasteiger partial charge < -0.3 is 4.74 Å². The van der Waals surface area contributed by atoms with E-state index >= 15 is 0 Å². The van der Waals surface area contributed by atoms with Gasteiger partial charge in [-0.3, -0.25) is 0 Å². The Bertz CT molecular complexity index is 348. The lowest BCUT2D eigenvalue weighted by Gasteiger charge is -2.11. The van der Waals surface area contributed by atoms with Crippen molar-refractivity contribution in [3.8, 4) is 5.75 Å². The Hall–Kier alpha value is -0.780. The Kier molecular flexibility index (Phi) is 3.04. The van der Waals surface area contributed by atoms with Gasteiger partial charge in [0.05, 0.1) is 12.7 Å². The van der Waals surface area contributed by atoms with E-state index in [0.717, 1.165) is 13.2 Å². The fourth-order valence-corrected chi connectivity index (χ4v) is 1.44. The summed E-state index contributed by atoms with van der Waals surface area (Å²) in [7, 11) is 1.10. The lowest BCUT2D eigenvalue weighted by Crippen LogP contribution is -2.07. The predicted molar refractivity (Wildman–Crippen MR) is 45.7 cm³/mol. The molecule has 78 valence electrons. The maximum Gasteiger partial charge on any atom is 0.417 e. The van der Waals surface area contributed by atoms with Gasteiger partial charge in [0.15, 0.2) is 11.6 Å². The van der Waals surface area contributed by atoms with E-state index in [1.165, 1.54) is 0 Å². The van der Waals surface area contributed by atoms with E-state index in [1.807, 2.05) is 0 Å². The molecule has 0 N–H and O–H groups in total. The summed E-state index contributed by atoms with van der Waals surface area (Å²) in [5.41, 5.74) is -0.962. The summed E-state index contributed by atoms with van der Waals surface area (Å²) in [6.07, 6.45) is -4.53. The first kappa shape index (κ1) is 11.3. The SMILES string of the molecule is COc1cc(C(F)(F)F)c(Br)cc1F. The first-order valence-electron chi connectivity index (χ1n) is 3.46. The minimum Gasteiger partial charge on any atom is -0.494 e. The van der Waals surface area contributed by atoms with Crippen LogP contribution < -0.4 is 4.74 Å². The van der Waals surface area contributed by atoms with E-state index in [9.17, 15) is 17.6 Å². The molecule has 0 bridgehead atoms. The number of hydrogen-bond acceptors (Lipinski definition) is 1. The largest absolute Gasteiger partial charge is 0.494 e. The van der Waals surface area contributed by atoms with E-state index in [0.29, 0.717) is 6.07 Å². The highest BCUT2D eigenvalue weighted by Gasteiger charge is 2.34. The Labute approximate surface area is 85.8 Å². The maximum atomic E-state index is 12.9. The van der Waals surface area contributed by atoms with Gasteiger partial charge in [0.25, 0.3) is 0 Å². The minimum atomic E-state index is -4.53. The van der Waals surface area contributed by atoms with Gasteiger partial charge in [-0.1, -0.05) is 15.9 Å². The summed E-state index contributed by atoms with van der Waals surface area (Å²) in [4.78, 5) is 0. The molecule has 0 aromatic heterocycles. The van der Waals surface area contributed by atoms with Crippen LogP contribution in [0.25, 0.3) is 0 Å². The van der Waals surface area contributed by atoms with Crippen molar-refractivity contribution in [2.45, 2.75) is 6.18 Å². The van der Waals surface area contributed by atoms with Gasteiger partial charge in [0.2, 0.25) is 0 Å². The van der Waals surface area contributed by atoms with E-state index < -0.39 is 23.3 Å². The normalized spacial score (nSPS) is 11.6. The Morgan fingerprint density at radius 2 is 1.86 bits per heavy atom. The van der Waals surface area contributed by atoms with Crippen LogP contribution in [0.3, 0.4) is 0 Å². The van der Waals surface area contributed by atoms with Crippen LogP contribution in [0.5, 0.6) is 5.75 Å². The first-order chi connectivity index (χ1) is 6.36. The van der Waals surface area contributed by atoms with Crippen molar-refractivity contribution in [3.05, 3.63) is 28.0 Å². The number of rotatable bonds is 1. The molecule has 0 saturated carbocycles. The molecule has 0 fully saturated rings. The molecular weight excluding hydrogens is 268 g/mol. The zero-order valence-corrected chi connectivity index (χ0v) is 8.54. The minimum absolute atomic E-state index is 0.344. The van der Waals surface area contributed by atoms with E-state index in [4.69, 9.17) is 0 Å². The van der Waals surface area contributed by atoms with Crippen molar-refractivity contribution in [1.82, 2.24) is 0 Å². The maximum absolute atomic E-state index is 12.9. The number of ether oxygens (including phenoxy) is 1. The summed E-state index contributed by atoms with van der Waals surface area (Å²) in [5.74, 6) is -1.27. The molecule has 1 aromatic rings. The van der Waals surface area contributed by atoms with Gasteiger partial charge in [-0.25, -0.2) is 4.39 Å². The zero-order chi connectivity index (χ0) is 10.9. The summed E-state index contributed by atoms with van der Waals surface area (Å²) < 4.78 is 53.9. The van der Waals surface area contributed by atoms with Crippen LogP contribution in [-0.2, 0) is 6.18 Å². The van der Waals surface area contributed by atoms with Crippen molar-refractivity contribution >= 4 is 15.9 Å². The van der Waals surface area contributed by atoms with E-state index in [1.54, 1.807) is 0 Å². The molecule has 0 radical (unpaired) electrons. The third-order valence-electron chi connectivity index (χ3n) is 1.55. The monoisotopic (exact) mass is 272 g/mol. The van der Waals surface area contributed by atoms with E-state index in [2.05, 4.69) is 20.7 Å². The van der Waals surface area contributed by atoms with Crippen LogP contribution in [-0.4, -0.2) is 7.11 Å². The summed E-state index contributed by atoms with van der Waals surface area (Å²) in [5, 5.41) is 0. The molecule has 0 unspecified atom stereocenters. The van der Waals surface area contributed by atoms with Crippen molar-refractivity contribution < 1.29 is 22.3 Å². The molecule has 0 saturated heterocycles. The van der Waals surface area contributed by atoms with Crippen LogP contribution in [0.1, 0.15) is 5.56 Å². The molecule has 0 aliphatic carbocycles. The zero-order valence-electron chi connectivity index (χ0n) is 6.95. The Balaban J connectivity index is 3.32. The van der Waals surface area contributed by atoms with Crippen LogP contribution in [0.15, 0.2) is 16.6 Å². The molecule has 1 nitrogen and oxygen atoms in total. The fourth-order valence-electron chi connectivity index (χ4n) is 0.903. The summed E-state index contributed by atoms with van der Waals surface area (Å²) >= 11 is 2.63. The second-order valence-corrected chi connectivity index (χ2v) is 3.32. The highest BCUT2D eigenvalue weighted by atomic mass is 79.9. The molecule has 0 amide bonds. The number of halogens is 5. The molecule has 0 atom stereocenters. The summed E-state index contributed by atoms with van der Waals surface area (Å²) in [6, 6.07) is 1.33. The Morgan fingerprint density at radius 3 is 2.29 bits per heavy atom. The van der Waals surface area contributed by atoms with Gasteiger partial charge >= 0.3 is 6.18 Å². The van der Waals surface area contributed by atoms with Gasteiger partial charge in [-0.2, -0.15) is 13.2 Å². The molecule has 0 spiro atoms.